The maximum atomic E-state index is 13.4. The molecule has 5 rings (SSSR count). The number of carbonyl (C=O) groups excluding carboxylic acids is 2. The SMILES string of the molecule is O=C(CN1C(=O)/C(=C\c2ccc(F)cc2)OC2CCCCC21)N1CCN(c2ccccc2)CC1. The highest BCUT2D eigenvalue weighted by Gasteiger charge is 2.42. The van der Waals surface area contributed by atoms with Gasteiger partial charge >= 0.3 is 0 Å². The molecule has 34 heavy (non-hydrogen) atoms. The normalized spacial score (nSPS) is 24.1. The van der Waals surface area contributed by atoms with Crippen LogP contribution >= 0.6 is 0 Å². The molecule has 3 fully saturated rings. The van der Waals surface area contributed by atoms with E-state index in [1.807, 2.05) is 23.1 Å². The number of hydrogen-bond donors (Lipinski definition) is 0. The molecule has 7 heteroatoms. The minimum Gasteiger partial charge on any atom is -0.482 e. The minimum absolute atomic E-state index is 0.0200. The van der Waals surface area contributed by atoms with Gasteiger partial charge in [-0.05, 0) is 55.2 Å². The van der Waals surface area contributed by atoms with Crippen LogP contribution in [0, 0.1) is 5.82 Å². The van der Waals surface area contributed by atoms with Gasteiger partial charge in [-0.3, -0.25) is 9.59 Å². The lowest BCUT2D eigenvalue weighted by molar-refractivity contribution is -0.154. The van der Waals surface area contributed by atoms with Gasteiger partial charge < -0.3 is 19.4 Å². The molecule has 2 unspecified atom stereocenters. The van der Waals surface area contributed by atoms with E-state index < -0.39 is 0 Å². The van der Waals surface area contributed by atoms with E-state index in [1.54, 1.807) is 23.1 Å². The molecule has 3 aliphatic rings. The highest BCUT2D eigenvalue weighted by molar-refractivity contribution is 5.98. The van der Waals surface area contributed by atoms with Crippen molar-refractivity contribution in [2.24, 2.45) is 0 Å². The summed E-state index contributed by atoms with van der Waals surface area (Å²) in [4.78, 5) is 32.5. The van der Waals surface area contributed by atoms with E-state index in [-0.39, 0.29) is 42.1 Å². The Balaban J connectivity index is 1.28. The van der Waals surface area contributed by atoms with Crippen molar-refractivity contribution in [1.29, 1.82) is 0 Å². The van der Waals surface area contributed by atoms with Gasteiger partial charge in [0.1, 0.15) is 18.5 Å². The minimum atomic E-state index is -0.329. The van der Waals surface area contributed by atoms with Crippen LogP contribution in [0.3, 0.4) is 0 Å². The molecular formula is C27H30FN3O3. The summed E-state index contributed by atoms with van der Waals surface area (Å²) in [5.41, 5.74) is 1.86. The summed E-state index contributed by atoms with van der Waals surface area (Å²) in [6, 6.07) is 16.1. The third-order valence-electron chi connectivity index (χ3n) is 7.05. The second kappa shape index (κ2) is 9.87. The molecule has 178 valence electrons. The van der Waals surface area contributed by atoms with Crippen molar-refractivity contribution in [3.05, 3.63) is 71.7 Å². The number of morpholine rings is 1. The monoisotopic (exact) mass is 463 g/mol. The molecule has 0 radical (unpaired) electrons. The zero-order chi connectivity index (χ0) is 23.5. The number of carbonyl (C=O) groups is 2. The van der Waals surface area contributed by atoms with Gasteiger partial charge in [0.25, 0.3) is 5.91 Å². The number of fused-ring (bicyclic) bond motifs is 1. The Morgan fingerprint density at radius 2 is 1.68 bits per heavy atom. The largest absolute Gasteiger partial charge is 0.482 e. The topological polar surface area (TPSA) is 53.1 Å². The number of para-hydroxylation sites is 1. The van der Waals surface area contributed by atoms with Crippen molar-refractivity contribution in [2.75, 3.05) is 37.6 Å². The summed E-state index contributed by atoms with van der Waals surface area (Å²) in [6.45, 7) is 2.88. The number of nitrogens with zero attached hydrogens (tertiary/aromatic N) is 3. The van der Waals surface area contributed by atoms with Crippen molar-refractivity contribution in [2.45, 2.75) is 37.8 Å². The van der Waals surface area contributed by atoms with Crippen LogP contribution < -0.4 is 4.90 Å². The highest BCUT2D eigenvalue weighted by atomic mass is 19.1. The number of halogens is 1. The van der Waals surface area contributed by atoms with Crippen molar-refractivity contribution < 1.29 is 18.7 Å². The maximum absolute atomic E-state index is 13.4. The van der Waals surface area contributed by atoms with E-state index in [0.717, 1.165) is 38.8 Å². The van der Waals surface area contributed by atoms with Crippen LogP contribution in [0.4, 0.5) is 10.1 Å². The zero-order valence-electron chi connectivity index (χ0n) is 19.2. The Morgan fingerprint density at radius 3 is 2.41 bits per heavy atom. The van der Waals surface area contributed by atoms with Crippen LogP contribution in [0.5, 0.6) is 0 Å². The smallest absolute Gasteiger partial charge is 0.289 e. The average Bonchev–Trinajstić information content (AvgIpc) is 2.88. The predicted molar refractivity (Wildman–Crippen MR) is 128 cm³/mol. The fourth-order valence-electron chi connectivity index (χ4n) is 5.17. The summed E-state index contributed by atoms with van der Waals surface area (Å²) in [5, 5.41) is 0. The Bertz CT molecular complexity index is 1050. The molecule has 0 bridgehead atoms. The van der Waals surface area contributed by atoms with Gasteiger partial charge in [-0.15, -0.1) is 0 Å². The molecule has 2 saturated heterocycles. The van der Waals surface area contributed by atoms with Crippen molar-refractivity contribution in [1.82, 2.24) is 9.80 Å². The lowest BCUT2D eigenvalue weighted by Gasteiger charge is -2.45. The summed E-state index contributed by atoms with van der Waals surface area (Å²) in [7, 11) is 0. The molecule has 2 aromatic carbocycles. The molecule has 2 heterocycles. The van der Waals surface area contributed by atoms with Gasteiger partial charge in [-0.25, -0.2) is 4.39 Å². The fourth-order valence-corrected chi connectivity index (χ4v) is 5.17. The van der Waals surface area contributed by atoms with E-state index in [2.05, 4.69) is 17.0 Å². The fraction of sp³-hybridized carbons (Fsp3) is 0.407. The molecule has 0 aromatic heterocycles. The zero-order valence-corrected chi connectivity index (χ0v) is 19.2. The van der Waals surface area contributed by atoms with Gasteiger partial charge in [0, 0.05) is 31.9 Å². The number of amides is 2. The first-order valence-corrected chi connectivity index (χ1v) is 12.1. The maximum Gasteiger partial charge on any atom is 0.289 e. The third-order valence-corrected chi connectivity index (χ3v) is 7.05. The van der Waals surface area contributed by atoms with Gasteiger partial charge in [0.15, 0.2) is 5.76 Å². The van der Waals surface area contributed by atoms with Crippen LogP contribution in [-0.4, -0.2) is 66.5 Å². The molecule has 2 aliphatic heterocycles. The molecule has 1 aliphatic carbocycles. The van der Waals surface area contributed by atoms with Crippen LogP contribution in [-0.2, 0) is 14.3 Å². The van der Waals surface area contributed by atoms with E-state index in [1.165, 1.54) is 17.8 Å². The van der Waals surface area contributed by atoms with Gasteiger partial charge in [0.05, 0.1) is 6.04 Å². The second-order valence-corrected chi connectivity index (χ2v) is 9.20. The number of hydrogen-bond acceptors (Lipinski definition) is 4. The Kier molecular flexibility index (Phi) is 6.52. The Morgan fingerprint density at radius 1 is 0.971 bits per heavy atom. The first-order valence-electron chi connectivity index (χ1n) is 12.1. The van der Waals surface area contributed by atoms with E-state index in [4.69, 9.17) is 4.74 Å². The van der Waals surface area contributed by atoms with Crippen molar-refractivity contribution in [3.63, 3.8) is 0 Å². The molecule has 2 aromatic rings. The molecule has 2 amide bonds. The van der Waals surface area contributed by atoms with Gasteiger partial charge in [-0.2, -0.15) is 0 Å². The number of rotatable bonds is 4. The quantitative estimate of drug-likeness (QED) is 0.649. The molecule has 2 atom stereocenters. The van der Waals surface area contributed by atoms with Crippen LogP contribution in [0.25, 0.3) is 6.08 Å². The number of benzene rings is 2. The van der Waals surface area contributed by atoms with Gasteiger partial charge in [-0.1, -0.05) is 36.8 Å². The Labute approximate surface area is 199 Å². The lowest BCUT2D eigenvalue weighted by Crippen LogP contribution is -2.58. The van der Waals surface area contributed by atoms with Crippen LogP contribution in [0.15, 0.2) is 60.4 Å². The number of piperazine rings is 1. The molecule has 0 N–H and O–H groups in total. The van der Waals surface area contributed by atoms with Crippen LogP contribution in [0.1, 0.15) is 31.2 Å². The standard InChI is InChI=1S/C27H30FN3O3/c28-21-12-10-20(11-13-21)18-25-27(33)31(23-8-4-5-9-24(23)34-25)19-26(32)30-16-14-29(15-17-30)22-6-2-1-3-7-22/h1-3,6-7,10-13,18,23-24H,4-5,8-9,14-17,19H2/b25-18+. The molecular weight excluding hydrogens is 433 g/mol. The van der Waals surface area contributed by atoms with E-state index >= 15 is 0 Å². The highest BCUT2D eigenvalue weighted by Crippen LogP contribution is 2.33. The molecule has 0 spiro atoms. The summed E-state index contributed by atoms with van der Waals surface area (Å²) in [5.74, 6) is -0.376. The van der Waals surface area contributed by atoms with Crippen LogP contribution in [0.2, 0.25) is 0 Å². The van der Waals surface area contributed by atoms with E-state index in [0.29, 0.717) is 18.7 Å². The molecule has 1 saturated carbocycles. The number of ether oxygens (including phenoxy) is 1. The summed E-state index contributed by atoms with van der Waals surface area (Å²) in [6.07, 6.45) is 5.32. The number of anilines is 1. The first-order chi connectivity index (χ1) is 16.6. The lowest BCUT2D eigenvalue weighted by atomic mass is 9.89. The van der Waals surface area contributed by atoms with Crippen molar-refractivity contribution in [3.8, 4) is 0 Å². The summed E-state index contributed by atoms with van der Waals surface area (Å²) >= 11 is 0. The summed E-state index contributed by atoms with van der Waals surface area (Å²) < 4.78 is 19.4. The Hall–Kier alpha value is -3.35. The van der Waals surface area contributed by atoms with Crippen molar-refractivity contribution >= 4 is 23.6 Å². The third kappa shape index (κ3) is 4.79. The van der Waals surface area contributed by atoms with E-state index in [9.17, 15) is 14.0 Å². The molecule has 6 nitrogen and oxygen atoms in total. The predicted octanol–water partition coefficient (Wildman–Crippen LogP) is 3.69. The first kappa shape index (κ1) is 22.4. The second-order valence-electron chi connectivity index (χ2n) is 9.20. The average molecular weight is 464 g/mol. The van der Waals surface area contributed by atoms with Gasteiger partial charge in [0.2, 0.25) is 5.91 Å².